The number of sulfonamides is 2. The lowest BCUT2D eigenvalue weighted by molar-refractivity contribution is -0.143. The molecule has 1 aliphatic rings. The summed E-state index contributed by atoms with van der Waals surface area (Å²) in [6.45, 7) is 1.76. The van der Waals surface area contributed by atoms with Crippen LogP contribution in [0, 0.1) is 11.8 Å². The Labute approximate surface area is 148 Å². The van der Waals surface area contributed by atoms with Crippen LogP contribution in [0.1, 0.15) is 13.3 Å². The van der Waals surface area contributed by atoms with E-state index >= 15 is 0 Å². The van der Waals surface area contributed by atoms with Crippen LogP contribution in [-0.4, -0.2) is 63.7 Å². The highest BCUT2D eigenvalue weighted by atomic mass is 32.2. The van der Waals surface area contributed by atoms with E-state index in [0.29, 0.717) is 6.42 Å². The van der Waals surface area contributed by atoms with Crippen LogP contribution in [0.5, 0.6) is 0 Å². The zero-order valence-electron chi connectivity index (χ0n) is 14.3. The van der Waals surface area contributed by atoms with Gasteiger partial charge in [0.2, 0.25) is 20.0 Å². The van der Waals surface area contributed by atoms with Crippen molar-refractivity contribution >= 4 is 26.0 Å². The number of aliphatic carboxylic acids is 1. The minimum Gasteiger partial charge on any atom is -0.481 e. The highest BCUT2D eigenvalue weighted by Crippen LogP contribution is 2.30. The van der Waals surface area contributed by atoms with Crippen molar-refractivity contribution < 1.29 is 26.7 Å². The van der Waals surface area contributed by atoms with E-state index in [2.05, 4.69) is 0 Å². The highest BCUT2D eigenvalue weighted by molar-refractivity contribution is 7.92. The Hall–Kier alpha value is -1.49. The van der Waals surface area contributed by atoms with Gasteiger partial charge in [0.25, 0.3) is 0 Å². The molecule has 140 valence electrons. The lowest BCUT2D eigenvalue weighted by atomic mass is 9.92. The number of hydrogen-bond acceptors (Lipinski definition) is 5. The summed E-state index contributed by atoms with van der Waals surface area (Å²) < 4.78 is 53.0. The zero-order chi connectivity index (χ0) is 19.0. The van der Waals surface area contributed by atoms with E-state index in [-0.39, 0.29) is 28.8 Å². The summed E-state index contributed by atoms with van der Waals surface area (Å²) in [7, 11) is -5.46. The molecule has 1 saturated heterocycles. The molecule has 0 saturated carbocycles. The van der Waals surface area contributed by atoms with Crippen LogP contribution in [0.25, 0.3) is 0 Å². The van der Waals surface area contributed by atoms with Crippen molar-refractivity contribution in [1.82, 2.24) is 8.61 Å². The Kier molecular flexibility index (Phi) is 5.57. The first-order chi connectivity index (χ1) is 11.5. The van der Waals surface area contributed by atoms with E-state index in [0.717, 1.165) is 8.61 Å². The molecule has 0 amide bonds. The van der Waals surface area contributed by atoms with Gasteiger partial charge in [-0.15, -0.1) is 0 Å². The molecule has 2 unspecified atom stereocenters. The van der Waals surface area contributed by atoms with Gasteiger partial charge < -0.3 is 5.11 Å². The second-order valence-corrected chi connectivity index (χ2v) is 10.5. The van der Waals surface area contributed by atoms with E-state index in [1.54, 1.807) is 6.92 Å². The molecule has 0 spiro atoms. The fourth-order valence-corrected chi connectivity index (χ4v) is 6.17. The van der Waals surface area contributed by atoms with Gasteiger partial charge in [-0.2, -0.15) is 4.31 Å². The second-order valence-electron chi connectivity index (χ2n) is 6.43. The predicted molar refractivity (Wildman–Crippen MR) is 91.0 cm³/mol. The first-order valence-corrected chi connectivity index (χ1v) is 10.6. The second kappa shape index (κ2) is 7.02. The summed E-state index contributed by atoms with van der Waals surface area (Å²) in [4.78, 5) is 10.7. The average Bonchev–Trinajstić information content (AvgIpc) is 2.54. The molecule has 1 heterocycles. The summed E-state index contributed by atoms with van der Waals surface area (Å²) in [5.74, 6) is -2.00. The van der Waals surface area contributed by atoms with Gasteiger partial charge in [0.15, 0.2) is 0 Å². The Morgan fingerprint density at radius 3 is 2.20 bits per heavy atom. The smallest absolute Gasteiger partial charge is 0.307 e. The molecule has 0 radical (unpaired) electrons. The molecule has 10 heteroatoms. The van der Waals surface area contributed by atoms with Crippen LogP contribution in [-0.2, 0) is 24.8 Å². The summed E-state index contributed by atoms with van der Waals surface area (Å²) in [6.07, 6.45) is 0.388. The zero-order valence-corrected chi connectivity index (χ0v) is 15.9. The summed E-state index contributed by atoms with van der Waals surface area (Å²) in [6, 6.07) is 5.38. The van der Waals surface area contributed by atoms with Crippen molar-refractivity contribution in [2.75, 3.05) is 27.2 Å². The van der Waals surface area contributed by atoms with Gasteiger partial charge in [-0.1, -0.05) is 19.1 Å². The summed E-state index contributed by atoms with van der Waals surface area (Å²) in [5.41, 5.74) is 0. The number of carbonyl (C=O) groups is 1. The Balaban J connectivity index is 2.53. The van der Waals surface area contributed by atoms with Crippen molar-refractivity contribution in [1.29, 1.82) is 0 Å². The third-order valence-corrected chi connectivity index (χ3v) is 8.09. The van der Waals surface area contributed by atoms with Gasteiger partial charge in [0.1, 0.15) is 9.79 Å². The quantitative estimate of drug-likeness (QED) is 0.791. The minimum atomic E-state index is -4.14. The van der Waals surface area contributed by atoms with Crippen LogP contribution in [0.15, 0.2) is 34.1 Å². The number of hydrogen-bond donors (Lipinski definition) is 1. The number of nitrogens with zero attached hydrogens (tertiary/aromatic N) is 2. The van der Waals surface area contributed by atoms with Crippen LogP contribution in [0.3, 0.4) is 0 Å². The normalized spacial score (nSPS) is 22.9. The molecule has 0 bridgehead atoms. The average molecular weight is 390 g/mol. The van der Waals surface area contributed by atoms with E-state index in [9.17, 15) is 26.7 Å². The lowest BCUT2D eigenvalue weighted by Crippen LogP contribution is -2.45. The maximum absolute atomic E-state index is 13.0. The molecule has 8 nitrogen and oxygen atoms in total. The van der Waals surface area contributed by atoms with E-state index in [1.165, 1.54) is 38.4 Å². The molecule has 1 aliphatic heterocycles. The van der Waals surface area contributed by atoms with Gasteiger partial charge in [-0.25, -0.2) is 21.1 Å². The van der Waals surface area contributed by atoms with Crippen molar-refractivity contribution in [3.63, 3.8) is 0 Å². The lowest BCUT2D eigenvalue weighted by Gasteiger charge is -2.34. The molecule has 2 rings (SSSR count). The fraction of sp³-hybridized carbons (Fsp3) is 0.533. The molecule has 1 N–H and O–H groups in total. The molecule has 1 fully saturated rings. The number of carboxylic acid groups (broad SMARTS) is 1. The Morgan fingerprint density at radius 2 is 1.68 bits per heavy atom. The van der Waals surface area contributed by atoms with Gasteiger partial charge in [0, 0.05) is 27.2 Å². The SMILES string of the molecule is CC1CC(C(=O)O)CN(S(=O)(=O)c2ccccc2S(=O)(=O)N(C)C)C1. The molecule has 0 aliphatic carbocycles. The van der Waals surface area contributed by atoms with Crippen molar-refractivity contribution in [3.8, 4) is 0 Å². The van der Waals surface area contributed by atoms with Gasteiger partial charge in [-0.05, 0) is 24.5 Å². The van der Waals surface area contributed by atoms with Crippen LogP contribution >= 0.6 is 0 Å². The standard InChI is InChI=1S/C15H22N2O6S2/c1-11-8-12(15(18)19)10-17(9-11)25(22,23)14-7-5-4-6-13(14)24(20,21)16(2)3/h4-7,11-12H,8-10H2,1-3H3,(H,18,19). The number of carboxylic acids is 1. The topological polar surface area (TPSA) is 112 Å². The van der Waals surface area contributed by atoms with E-state index < -0.39 is 31.9 Å². The Bertz CT molecular complexity index is 864. The molecule has 2 atom stereocenters. The molecular weight excluding hydrogens is 368 g/mol. The minimum absolute atomic E-state index is 0.137. The largest absolute Gasteiger partial charge is 0.481 e. The van der Waals surface area contributed by atoms with Crippen LogP contribution < -0.4 is 0 Å². The predicted octanol–water partition coefficient (Wildman–Crippen LogP) is 0.668. The molecular formula is C15H22N2O6S2. The Morgan fingerprint density at radius 1 is 1.12 bits per heavy atom. The fourth-order valence-electron chi connectivity index (χ4n) is 2.89. The van der Waals surface area contributed by atoms with Gasteiger partial charge in [-0.3, -0.25) is 4.79 Å². The number of benzene rings is 1. The van der Waals surface area contributed by atoms with Crippen LogP contribution in [0.4, 0.5) is 0 Å². The summed E-state index contributed by atoms with van der Waals surface area (Å²) >= 11 is 0. The molecule has 1 aromatic rings. The van der Waals surface area contributed by atoms with E-state index in [1.807, 2.05) is 0 Å². The number of piperidine rings is 1. The third-order valence-electron chi connectivity index (χ3n) is 4.20. The first-order valence-electron chi connectivity index (χ1n) is 7.72. The third kappa shape index (κ3) is 3.86. The first kappa shape index (κ1) is 19.8. The number of rotatable bonds is 5. The van der Waals surface area contributed by atoms with Gasteiger partial charge >= 0.3 is 5.97 Å². The van der Waals surface area contributed by atoms with Crippen molar-refractivity contribution in [3.05, 3.63) is 24.3 Å². The van der Waals surface area contributed by atoms with Crippen molar-refractivity contribution in [2.24, 2.45) is 11.8 Å². The summed E-state index contributed by atoms with van der Waals surface area (Å²) in [5, 5.41) is 9.24. The maximum atomic E-state index is 13.0. The van der Waals surface area contributed by atoms with E-state index in [4.69, 9.17) is 0 Å². The molecule has 1 aromatic carbocycles. The van der Waals surface area contributed by atoms with Crippen molar-refractivity contribution in [2.45, 2.75) is 23.1 Å². The van der Waals surface area contributed by atoms with Gasteiger partial charge in [0.05, 0.1) is 5.92 Å². The van der Waals surface area contributed by atoms with Crippen LogP contribution in [0.2, 0.25) is 0 Å². The maximum Gasteiger partial charge on any atom is 0.307 e. The molecule has 25 heavy (non-hydrogen) atoms. The molecule has 0 aromatic heterocycles. The highest BCUT2D eigenvalue weighted by Gasteiger charge is 2.38. The monoisotopic (exact) mass is 390 g/mol.